The van der Waals surface area contributed by atoms with E-state index in [0.717, 1.165) is 44.6 Å². The van der Waals surface area contributed by atoms with Gasteiger partial charge in [-0.1, -0.05) is 25.4 Å². The van der Waals surface area contributed by atoms with E-state index < -0.39 is 0 Å². The topological polar surface area (TPSA) is 127 Å². The van der Waals surface area contributed by atoms with Crippen molar-refractivity contribution >= 4 is 11.9 Å². The molecule has 11 heteroatoms. The molecule has 0 bridgehead atoms. The molecule has 1 saturated carbocycles. The fraction of sp³-hybridized carbons (Fsp3) is 0.667. The van der Waals surface area contributed by atoms with Crippen LogP contribution in [0.2, 0.25) is 0 Å². The lowest BCUT2D eigenvalue weighted by atomic mass is 9.98. The number of hydrogen-bond acceptors (Lipinski definition) is 10. The van der Waals surface area contributed by atoms with E-state index in [0.29, 0.717) is 30.7 Å². The Kier molecular flexibility index (Phi) is 11.5. The fourth-order valence-corrected chi connectivity index (χ4v) is 4.40. The number of anilines is 1. The van der Waals surface area contributed by atoms with Crippen LogP contribution >= 0.6 is 0 Å². The van der Waals surface area contributed by atoms with Crippen LogP contribution in [0.1, 0.15) is 81.0 Å². The Bertz CT molecular complexity index is 965. The SMILES string of the molecule is C=C.CC(C)c1noc(N2CCC(O)CC2)n1.COC1CN(C(=O)c2cnc(OC3CCCCC3)cn2)C1. The van der Waals surface area contributed by atoms with Crippen LogP contribution in [-0.2, 0) is 4.74 Å². The number of rotatable bonds is 6. The molecule has 0 atom stereocenters. The summed E-state index contributed by atoms with van der Waals surface area (Å²) in [4.78, 5) is 28.6. The molecular weight excluding hydrogens is 488 g/mol. The molecule has 5 rings (SSSR count). The third kappa shape index (κ3) is 8.22. The third-order valence-corrected chi connectivity index (χ3v) is 6.84. The highest BCUT2D eigenvalue weighted by Gasteiger charge is 2.32. The number of likely N-dealkylation sites (tertiary alicyclic amines) is 1. The van der Waals surface area contributed by atoms with Crippen LogP contribution < -0.4 is 9.64 Å². The van der Waals surface area contributed by atoms with Crippen molar-refractivity contribution < 1.29 is 23.9 Å². The second-order valence-electron chi connectivity index (χ2n) is 9.99. The number of carbonyl (C=O) groups excluding carboxylic acids is 1. The van der Waals surface area contributed by atoms with Crippen molar-refractivity contribution in [2.45, 2.75) is 83.0 Å². The monoisotopic (exact) mass is 530 g/mol. The minimum atomic E-state index is -0.172. The molecule has 0 spiro atoms. The largest absolute Gasteiger partial charge is 0.473 e. The standard InChI is InChI=1S/C15H21N3O3.C10H17N3O2.C2H4/c1-20-12-9-18(10-12)15(19)13-7-17-14(8-16-13)21-11-5-3-2-4-6-11;1-7(2)9-11-10(15-12-9)13-5-3-8(14)4-6-13;1-2/h7-8,11-12H,2-6,9-10H2,1H3;7-8,14H,3-6H2,1-2H3;1-2H2. The van der Waals surface area contributed by atoms with Gasteiger partial charge in [0, 0.05) is 39.2 Å². The Morgan fingerprint density at radius 3 is 2.29 bits per heavy atom. The van der Waals surface area contributed by atoms with E-state index in [2.05, 4.69) is 33.3 Å². The van der Waals surface area contributed by atoms with Crippen LogP contribution in [0.25, 0.3) is 0 Å². The highest BCUT2D eigenvalue weighted by atomic mass is 16.5. The van der Waals surface area contributed by atoms with Crippen LogP contribution in [0.15, 0.2) is 30.1 Å². The normalized spacial score (nSPS) is 18.7. The van der Waals surface area contributed by atoms with Gasteiger partial charge in [0.25, 0.3) is 5.91 Å². The molecule has 0 aromatic carbocycles. The van der Waals surface area contributed by atoms with Gasteiger partial charge in [0.2, 0.25) is 5.88 Å². The van der Waals surface area contributed by atoms with Gasteiger partial charge in [-0.05, 0) is 38.5 Å². The number of nitrogens with zero attached hydrogens (tertiary/aromatic N) is 6. The molecule has 0 unspecified atom stereocenters. The van der Waals surface area contributed by atoms with Crippen molar-refractivity contribution in [3.63, 3.8) is 0 Å². The molecule has 4 heterocycles. The van der Waals surface area contributed by atoms with E-state index in [1.165, 1.54) is 25.5 Å². The number of aromatic nitrogens is 4. The van der Waals surface area contributed by atoms with Crippen LogP contribution in [0, 0.1) is 0 Å². The first-order chi connectivity index (χ1) is 18.4. The Morgan fingerprint density at radius 1 is 1.05 bits per heavy atom. The molecule has 0 radical (unpaired) electrons. The van der Waals surface area contributed by atoms with Crippen molar-refractivity contribution in [2.24, 2.45) is 0 Å². The van der Waals surface area contributed by atoms with Crippen molar-refractivity contribution in [3.05, 3.63) is 37.1 Å². The molecule has 1 aliphatic carbocycles. The van der Waals surface area contributed by atoms with Crippen molar-refractivity contribution in [3.8, 4) is 5.88 Å². The number of aliphatic hydroxyl groups is 1. The predicted octanol–water partition coefficient (Wildman–Crippen LogP) is 3.62. The smallest absolute Gasteiger partial charge is 0.324 e. The van der Waals surface area contributed by atoms with E-state index in [-0.39, 0.29) is 30.1 Å². The summed E-state index contributed by atoms with van der Waals surface area (Å²) in [5.74, 6) is 1.45. The predicted molar refractivity (Wildman–Crippen MR) is 143 cm³/mol. The Labute approximate surface area is 225 Å². The molecule has 1 N–H and O–H groups in total. The van der Waals surface area contributed by atoms with Crippen LogP contribution in [0.4, 0.5) is 6.01 Å². The fourth-order valence-electron chi connectivity index (χ4n) is 4.40. The maximum absolute atomic E-state index is 12.1. The Morgan fingerprint density at radius 2 is 1.74 bits per heavy atom. The van der Waals surface area contributed by atoms with E-state index >= 15 is 0 Å². The van der Waals surface area contributed by atoms with E-state index in [9.17, 15) is 9.90 Å². The van der Waals surface area contributed by atoms with Crippen molar-refractivity contribution in [1.29, 1.82) is 0 Å². The molecule has 210 valence electrons. The molecular formula is C27H42N6O5. The second kappa shape index (κ2) is 14.8. The van der Waals surface area contributed by atoms with Gasteiger partial charge < -0.3 is 28.9 Å². The number of piperidine rings is 1. The van der Waals surface area contributed by atoms with Gasteiger partial charge in [-0.15, -0.1) is 13.2 Å². The summed E-state index contributed by atoms with van der Waals surface area (Å²) in [5, 5.41) is 13.3. The summed E-state index contributed by atoms with van der Waals surface area (Å²) >= 11 is 0. The molecule has 2 aromatic rings. The first kappa shape index (κ1) is 29.5. The molecule has 2 aromatic heterocycles. The lowest BCUT2D eigenvalue weighted by molar-refractivity contribution is -0.0195. The number of aliphatic hydroxyl groups excluding tert-OH is 1. The molecule has 38 heavy (non-hydrogen) atoms. The van der Waals surface area contributed by atoms with E-state index in [4.69, 9.17) is 14.0 Å². The zero-order valence-corrected chi connectivity index (χ0v) is 22.9. The molecule has 1 amide bonds. The number of ether oxygens (including phenoxy) is 2. The van der Waals surface area contributed by atoms with Gasteiger partial charge in [-0.2, -0.15) is 4.98 Å². The summed E-state index contributed by atoms with van der Waals surface area (Å²) in [5.41, 5.74) is 0.362. The lowest BCUT2D eigenvalue weighted by Gasteiger charge is -2.37. The minimum Gasteiger partial charge on any atom is -0.473 e. The van der Waals surface area contributed by atoms with Crippen molar-refractivity contribution in [2.75, 3.05) is 38.2 Å². The van der Waals surface area contributed by atoms with E-state index in [1.54, 1.807) is 18.2 Å². The molecule has 2 aliphatic heterocycles. The van der Waals surface area contributed by atoms with Crippen LogP contribution in [-0.4, -0.2) is 87.6 Å². The average molecular weight is 531 g/mol. The number of carbonyl (C=O) groups is 1. The third-order valence-electron chi connectivity index (χ3n) is 6.84. The van der Waals surface area contributed by atoms with Gasteiger partial charge in [-0.25, -0.2) is 9.97 Å². The van der Waals surface area contributed by atoms with Gasteiger partial charge in [0.15, 0.2) is 5.82 Å². The second-order valence-corrected chi connectivity index (χ2v) is 9.99. The molecule has 3 aliphatic rings. The van der Waals surface area contributed by atoms with Gasteiger partial charge in [-0.3, -0.25) is 4.79 Å². The highest BCUT2D eigenvalue weighted by molar-refractivity contribution is 5.92. The summed E-state index contributed by atoms with van der Waals surface area (Å²) in [6.45, 7) is 12.9. The zero-order valence-electron chi connectivity index (χ0n) is 22.9. The maximum Gasteiger partial charge on any atom is 0.324 e. The number of methoxy groups -OCH3 is 1. The summed E-state index contributed by atoms with van der Waals surface area (Å²) in [6, 6.07) is 0.589. The van der Waals surface area contributed by atoms with Gasteiger partial charge in [0.1, 0.15) is 11.8 Å². The molecule has 3 fully saturated rings. The van der Waals surface area contributed by atoms with Crippen LogP contribution in [0.5, 0.6) is 5.88 Å². The van der Waals surface area contributed by atoms with Crippen LogP contribution in [0.3, 0.4) is 0 Å². The first-order valence-corrected chi connectivity index (χ1v) is 13.5. The molecule has 2 saturated heterocycles. The quantitative estimate of drug-likeness (QED) is 0.553. The number of amides is 1. The van der Waals surface area contributed by atoms with Gasteiger partial charge in [0.05, 0.1) is 24.6 Å². The van der Waals surface area contributed by atoms with Gasteiger partial charge >= 0.3 is 6.01 Å². The number of hydrogen-bond donors (Lipinski definition) is 1. The van der Waals surface area contributed by atoms with Crippen molar-refractivity contribution in [1.82, 2.24) is 25.0 Å². The Hall–Kier alpha value is -3.05. The zero-order chi connectivity index (χ0) is 27.5. The summed E-state index contributed by atoms with van der Waals surface area (Å²) in [7, 11) is 1.66. The van der Waals surface area contributed by atoms with E-state index in [1.807, 2.05) is 18.7 Å². The summed E-state index contributed by atoms with van der Waals surface area (Å²) in [6.07, 6.45) is 10.7. The average Bonchev–Trinajstić information content (AvgIpc) is 3.42. The Balaban J connectivity index is 0.000000208. The maximum atomic E-state index is 12.1. The first-order valence-electron chi connectivity index (χ1n) is 13.5. The highest BCUT2D eigenvalue weighted by Crippen LogP contribution is 2.22. The lowest BCUT2D eigenvalue weighted by Crippen LogP contribution is -2.54. The summed E-state index contributed by atoms with van der Waals surface area (Å²) < 4.78 is 16.1. The molecule has 11 nitrogen and oxygen atoms in total. The minimum absolute atomic E-state index is 0.0972.